The Hall–Kier alpha value is -3.59. The molecule has 0 radical (unpaired) electrons. The first-order chi connectivity index (χ1) is 17.7. The van der Waals surface area contributed by atoms with Crippen LogP contribution < -0.4 is 9.73 Å². The predicted molar refractivity (Wildman–Crippen MR) is 148 cm³/mol. The average Bonchev–Trinajstić information content (AvgIpc) is 3.17. The SMILES string of the molecule is Cc1cc(/C=N\NC(=O)CN(c2ccccc2)S(=O)(=O)c2ccccc2)c(C)n1-c1cccc(Cl)c1Cl. The normalized spacial score (nSPS) is 11.6. The summed E-state index contributed by atoms with van der Waals surface area (Å²) >= 11 is 12.6. The highest BCUT2D eigenvalue weighted by Gasteiger charge is 2.27. The molecule has 0 unspecified atom stereocenters. The minimum atomic E-state index is -3.98. The van der Waals surface area contributed by atoms with E-state index in [2.05, 4.69) is 10.5 Å². The van der Waals surface area contributed by atoms with Crippen molar-refractivity contribution in [2.75, 3.05) is 10.8 Å². The molecule has 37 heavy (non-hydrogen) atoms. The Kier molecular flexibility index (Phi) is 8.02. The third-order valence-electron chi connectivity index (χ3n) is 5.70. The molecule has 0 aliphatic carbocycles. The Morgan fingerprint density at radius 1 is 0.973 bits per heavy atom. The zero-order valence-corrected chi connectivity index (χ0v) is 22.4. The number of nitrogens with zero attached hydrogens (tertiary/aromatic N) is 3. The predicted octanol–water partition coefficient (Wildman–Crippen LogP) is 5.75. The van der Waals surface area contributed by atoms with Crippen LogP contribution in [-0.2, 0) is 14.8 Å². The number of benzene rings is 3. The second-order valence-corrected chi connectivity index (χ2v) is 10.8. The summed E-state index contributed by atoms with van der Waals surface area (Å²) in [7, 11) is -3.98. The van der Waals surface area contributed by atoms with Gasteiger partial charge in [0, 0.05) is 17.0 Å². The van der Waals surface area contributed by atoms with E-state index in [-0.39, 0.29) is 4.90 Å². The van der Waals surface area contributed by atoms with Crippen LogP contribution in [0.4, 0.5) is 5.69 Å². The van der Waals surface area contributed by atoms with Gasteiger partial charge in [-0.3, -0.25) is 9.10 Å². The van der Waals surface area contributed by atoms with E-state index in [1.165, 1.54) is 18.3 Å². The number of anilines is 1. The van der Waals surface area contributed by atoms with Gasteiger partial charge in [0.25, 0.3) is 15.9 Å². The molecule has 1 N–H and O–H groups in total. The van der Waals surface area contributed by atoms with Gasteiger partial charge in [-0.1, -0.05) is 65.7 Å². The fourth-order valence-electron chi connectivity index (χ4n) is 3.92. The number of para-hydroxylation sites is 1. The summed E-state index contributed by atoms with van der Waals surface area (Å²) in [4.78, 5) is 12.9. The molecule has 7 nitrogen and oxygen atoms in total. The summed E-state index contributed by atoms with van der Waals surface area (Å²) in [6.45, 7) is 3.37. The van der Waals surface area contributed by atoms with Crippen molar-refractivity contribution in [1.29, 1.82) is 0 Å². The van der Waals surface area contributed by atoms with E-state index >= 15 is 0 Å². The molecule has 0 saturated carbocycles. The lowest BCUT2D eigenvalue weighted by Crippen LogP contribution is -2.39. The highest BCUT2D eigenvalue weighted by atomic mass is 35.5. The van der Waals surface area contributed by atoms with Crippen LogP contribution >= 0.6 is 23.2 Å². The fraction of sp³-hybridized carbons (Fsp3) is 0.111. The Morgan fingerprint density at radius 3 is 2.30 bits per heavy atom. The molecule has 1 amide bonds. The lowest BCUT2D eigenvalue weighted by Gasteiger charge is -2.23. The molecule has 0 aliphatic heterocycles. The number of halogens is 2. The Morgan fingerprint density at radius 2 is 1.62 bits per heavy atom. The number of carbonyl (C=O) groups is 1. The zero-order chi connectivity index (χ0) is 26.6. The second kappa shape index (κ2) is 11.2. The van der Waals surface area contributed by atoms with E-state index in [9.17, 15) is 13.2 Å². The third kappa shape index (κ3) is 5.72. The van der Waals surface area contributed by atoms with Crippen LogP contribution in [0.25, 0.3) is 5.69 Å². The minimum absolute atomic E-state index is 0.0854. The smallest absolute Gasteiger partial charge is 0.264 e. The molecule has 1 aromatic heterocycles. The maximum Gasteiger partial charge on any atom is 0.264 e. The highest BCUT2D eigenvalue weighted by molar-refractivity contribution is 7.92. The van der Waals surface area contributed by atoms with Crippen LogP contribution in [0.2, 0.25) is 10.0 Å². The largest absolute Gasteiger partial charge is 0.316 e. The number of aryl methyl sites for hydroxylation is 1. The quantitative estimate of drug-likeness (QED) is 0.222. The van der Waals surface area contributed by atoms with Crippen LogP contribution in [-0.4, -0.2) is 31.7 Å². The van der Waals surface area contributed by atoms with Crippen molar-refractivity contribution in [2.24, 2.45) is 5.10 Å². The van der Waals surface area contributed by atoms with Crippen molar-refractivity contribution in [3.05, 3.63) is 112 Å². The fourth-order valence-corrected chi connectivity index (χ4v) is 5.74. The molecule has 3 aromatic carbocycles. The van der Waals surface area contributed by atoms with E-state index in [1.807, 2.05) is 36.6 Å². The van der Waals surface area contributed by atoms with Crippen LogP contribution in [0.1, 0.15) is 17.0 Å². The number of hydrogen-bond acceptors (Lipinski definition) is 4. The summed E-state index contributed by atoms with van der Waals surface area (Å²) in [5.41, 5.74) is 6.04. The van der Waals surface area contributed by atoms with Gasteiger partial charge in [-0.2, -0.15) is 5.10 Å². The number of rotatable bonds is 8. The molecule has 10 heteroatoms. The van der Waals surface area contributed by atoms with Crippen LogP contribution in [0, 0.1) is 13.8 Å². The molecule has 4 aromatic rings. The summed E-state index contributed by atoms with van der Waals surface area (Å²) in [6, 6.07) is 23.7. The molecule has 0 saturated heterocycles. The maximum absolute atomic E-state index is 13.3. The topological polar surface area (TPSA) is 83.8 Å². The van der Waals surface area contributed by atoms with Gasteiger partial charge in [0.2, 0.25) is 0 Å². The van der Waals surface area contributed by atoms with Gasteiger partial charge in [-0.15, -0.1) is 0 Å². The standard InChI is InChI=1S/C27H24Cl2N4O3S/c1-19-16-21(20(2)33(19)25-15-9-14-24(28)27(25)29)17-30-31-26(34)18-32(22-10-5-3-6-11-22)37(35,36)23-12-7-4-8-13-23/h3-17H,18H2,1-2H3,(H,31,34)/b30-17-. The number of aromatic nitrogens is 1. The number of hydrazone groups is 1. The zero-order valence-electron chi connectivity index (χ0n) is 20.1. The number of nitrogens with one attached hydrogen (secondary N) is 1. The molecule has 0 bridgehead atoms. The molecule has 0 aliphatic rings. The van der Waals surface area contributed by atoms with Crippen molar-refractivity contribution in [1.82, 2.24) is 9.99 Å². The van der Waals surface area contributed by atoms with Crippen molar-refractivity contribution in [2.45, 2.75) is 18.7 Å². The number of hydrogen-bond donors (Lipinski definition) is 1. The van der Waals surface area contributed by atoms with Gasteiger partial charge < -0.3 is 4.57 Å². The van der Waals surface area contributed by atoms with E-state index in [0.29, 0.717) is 15.7 Å². The van der Waals surface area contributed by atoms with E-state index in [1.54, 1.807) is 54.6 Å². The lowest BCUT2D eigenvalue weighted by molar-refractivity contribution is -0.119. The summed E-state index contributed by atoms with van der Waals surface area (Å²) in [5.74, 6) is -0.591. The second-order valence-electron chi connectivity index (χ2n) is 8.19. The first kappa shape index (κ1) is 26.5. The number of amides is 1. The Bertz CT molecular complexity index is 1550. The molecule has 0 atom stereocenters. The first-order valence-corrected chi connectivity index (χ1v) is 13.5. The molecular weight excluding hydrogens is 531 g/mol. The van der Waals surface area contributed by atoms with E-state index < -0.39 is 22.5 Å². The Labute approximate surface area is 226 Å². The summed E-state index contributed by atoms with van der Waals surface area (Å²) in [6.07, 6.45) is 1.51. The Balaban J connectivity index is 1.54. The summed E-state index contributed by atoms with van der Waals surface area (Å²) in [5, 5.41) is 4.95. The van der Waals surface area contributed by atoms with Gasteiger partial charge in [-0.05, 0) is 56.3 Å². The van der Waals surface area contributed by atoms with Gasteiger partial charge in [0.05, 0.1) is 32.5 Å². The molecule has 4 rings (SSSR count). The van der Waals surface area contributed by atoms with Gasteiger partial charge in [-0.25, -0.2) is 13.8 Å². The average molecular weight is 555 g/mol. The van der Waals surface area contributed by atoms with Crippen molar-refractivity contribution < 1.29 is 13.2 Å². The van der Waals surface area contributed by atoms with Gasteiger partial charge in [0.1, 0.15) is 6.54 Å². The molecule has 1 heterocycles. The summed E-state index contributed by atoms with van der Waals surface area (Å²) < 4.78 is 29.6. The third-order valence-corrected chi connectivity index (χ3v) is 8.29. The van der Waals surface area contributed by atoms with Crippen LogP contribution in [0.15, 0.2) is 94.9 Å². The maximum atomic E-state index is 13.3. The van der Waals surface area contributed by atoms with Crippen LogP contribution in [0.3, 0.4) is 0 Å². The molecule has 190 valence electrons. The lowest BCUT2D eigenvalue weighted by atomic mass is 10.2. The van der Waals surface area contributed by atoms with Crippen LogP contribution in [0.5, 0.6) is 0 Å². The molecule has 0 spiro atoms. The van der Waals surface area contributed by atoms with Crippen molar-refractivity contribution in [3.63, 3.8) is 0 Å². The van der Waals surface area contributed by atoms with E-state index in [4.69, 9.17) is 23.2 Å². The van der Waals surface area contributed by atoms with Gasteiger partial charge in [0.15, 0.2) is 0 Å². The monoisotopic (exact) mass is 554 g/mol. The highest BCUT2D eigenvalue weighted by Crippen LogP contribution is 2.31. The number of carbonyl (C=O) groups excluding carboxylic acids is 1. The van der Waals surface area contributed by atoms with Crippen molar-refractivity contribution >= 4 is 51.0 Å². The molecule has 0 fully saturated rings. The van der Waals surface area contributed by atoms with Crippen molar-refractivity contribution in [3.8, 4) is 5.69 Å². The minimum Gasteiger partial charge on any atom is -0.316 e. The molecular formula is C27H24Cl2N4O3S. The van der Waals surface area contributed by atoms with Gasteiger partial charge >= 0.3 is 0 Å². The first-order valence-electron chi connectivity index (χ1n) is 11.3. The number of sulfonamides is 1. The van der Waals surface area contributed by atoms with E-state index in [0.717, 1.165) is 26.9 Å².